The molecule has 7 heteroatoms. The number of likely N-dealkylation sites (tertiary alicyclic amines) is 1. The van der Waals surface area contributed by atoms with E-state index in [-0.39, 0.29) is 5.91 Å². The van der Waals surface area contributed by atoms with Crippen molar-refractivity contribution in [1.29, 1.82) is 0 Å². The molecule has 7 nitrogen and oxygen atoms in total. The molecule has 1 aromatic carbocycles. The molecule has 1 amide bonds. The molecule has 0 spiro atoms. The average Bonchev–Trinajstić information content (AvgIpc) is 3.03. The van der Waals surface area contributed by atoms with Crippen molar-refractivity contribution in [3.8, 4) is 11.5 Å². The topological polar surface area (TPSA) is 76.6 Å². The van der Waals surface area contributed by atoms with E-state index in [0.717, 1.165) is 37.9 Å². The van der Waals surface area contributed by atoms with E-state index in [2.05, 4.69) is 15.3 Å². The Kier molecular flexibility index (Phi) is 7.06. The number of nitrogens with zero attached hydrogens (tertiary/aromatic N) is 3. The quantitative estimate of drug-likeness (QED) is 0.790. The highest BCUT2D eigenvalue weighted by Gasteiger charge is 2.18. The molecule has 1 saturated heterocycles. The van der Waals surface area contributed by atoms with Crippen molar-refractivity contribution in [2.45, 2.75) is 32.1 Å². The van der Waals surface area contributed by atoms with Gasteiger partial charge in [0.1, 0.15) is 17.8 Å². The molecule has 1 aliphatic rings. The molecule has 1 N–H and O–H groups in total. The predicted octanol–water partition coefficient (Wildman–Crippen LogP) is 3.16. The number of aromatic nitrogens is 2. The highest BCUT2D eigenvalue weighted by atomic mass is 16.5. The van der Waals surface area contributed by atoms with E-state index >= 15 is 0 Å². The molecule has 0 saturated carbocycles. The van der Waals surface area contributed by atoms with E-state index in [1.54, 1.807) is 20.3 Å². The molecule has 0 unspecified atom stereocenters. The molecule has 0 bridgehead atoms. The lowest BCUT2D eigenvalue weighted by atomic mass is 10.1. The lowest BCUT2D eigenvalue weighted by molar-refractivity contribution is 0.0755. The summed E-state index contributed by atoms with van der Waals surface area (Å²) in [5.74, 6) is 2.08. The van der Waals surface area contributed by atoms with Crippen molar-refractivity contribution in [2.24, 2.45) is 0 Å². The van der Waals surface area contributed by atoms with Crippen LogP contribution in [0.2, 0.25) is 0 Å². The molecule has 0 radical (unpaired) electrons. The van der Waals surface area contributed by atoms with Crippen LogP contribution in [0.25, 0.3) is 0 Å². The molecule has 28 heavy (non-hydrogen) atoms. The zero-order valence-electron chi connectivity index (χ0n) is 16.6. The number of carbonyl (C=O) groups excluding carboxylic acids is 1. The fourth-order valence-electron chi connectivity index (χ4n) is 3.38. The third-order valence-corrected chi connectivity index (χ3v) is 4.95. The second-order valence-electron chi connectivity index (χ2n) is 6.86. The van der Waals surface area contributed by atoms with Crippen molar-refractivity contribution >= 4 is 11.7 Å². The molecule has 3 rings (SSSR count). The van der Waals surface area contributed by atoms with Crippen molar-refractivity contribution in [2.75, 3.05) is 39.2 Å². The SMILES string of the molecule is COc1ccc(CCNc2cc(C(=O)N3CCCCCC3)ncn2)cc1OC. The van der Waals surface area contributed by atoms with Crippen LogP contribution in [0, 0.1) is 0 Å². The number of ether oxygens (including phenoxy) is 2. The molecule has 150 valence electrons. The highest BCUT2D eigenvalue weighted by molar-refractivity contribution is 5.92. The standard InChI is InChI=1S/C21H28N4O3/c1-27-18-8-7-16(13-19(18)28-2)9-10-22-20-14-17(23-15-24-20)21(26)25-11-5-3-4-6-12-25/h7-8,13-15H,3-6,9-12H2,1-2H3,(H,22,23,24). The smallest absolute Gasteiger partial charge is 0.272 e. The van der Waals surface area contributed by atoms with Gasteiger partial charge in [0.15, 0.2) is 11.5 Å². The fraction of sp³-hybridized carbons (Fsp3) is 0.476. The van der Waals surface area contributed by atoms with Gasteiger partial charge in [-0.3, -0.25) is 4.79 Å². The lowest BCUT2D eigenvalue weighted by Gasteiger charge is -2.19. The summed E-state index contributed by atoms with van der Waals surface area (Å²) in [6.45, 7) is 2.31. The highest BCUT2D eigenvalue weighted by Crippen LogP contribution is 2.27. The fourth-order valence-corrected chi connectivity index (χ4v) is 3.38. The minimum atomic E-state index is -0.00718. The van der Waals surface area contributed by atoms with Crippen molar-refractivity contribution in [1.82, 2.24) is 14.9 Å². The van der Waals surface area contributed by atoms with Gasteiger partial charge in [-0.1, -0.05) is 18.9 Å². The molecular formula is C21H28N4O3. The third-order valence-electron chi connectivity index (χ3n) is 4.95. The minimum absolute atomic E-state index is 0.00718. The summed E-state index contributed by atoms with van der Waals surface area (Å²) in [5, 5.41) is 3.28. The predicted molar refractivity (Wildman–Crippen MR) is 108 cm³/mol. The second-order valence-corrected chi connectivity index (χ2v) is 6.86. The van der Waals surface area contributed by atoms with Gasteiger partial charge in [0.25, 0.3) is 5.91 Å². The molecule has 2 heterocycles. The van der Waals surface area contributed by atoms with E-state index < -0.39 is 0 Å². The molecule has 0 aliphatic carbocycles. The minimum Gasteiger partial charge on any atom is -0.493 e. The van der Waals surface area contributed by atoms with Gasteiger partial charge in [0, 0.05) is 25.7 Å². The van der Waals surface area contributed by atoms with Crippen LogP contribution in [0.1, 0.15) is 41.7 Å². The summed E-state index contributed by atoms with van der Waals surface area (Å²) < 4.78 is 10.6. The Labute approximate surface area is 166 Å². The molecule has 1 aromatic heterocycles. The summed E-state index contributed by atoms with van der Waals surface area (Å²) in [6, 6.07) is 7.62. The summed E-state index contributed by atoms with van der Waals surface area (Å²) in [4.78, 5) is 23.0. The van der Waals surface area contributed by atoms with Crippen molar-refractivity contribution < 1.29 is 14.3 Å². The molecule has 0 atom stereocenters. The number of benzene rings is 1. The number of amides is 1. The summed E-state index contributed by atoms with van der Waals surface area (Å²) in [7, 11) is 3.25. The maximum absolute atomic E-state index is 12.7. The lowest BCUT2D eigenvalue weighted by Crippen LogP contribution is -2.32. The third kappa shape index (κ3) is 5.12. The summed E-state index contributed by atoms with van der Waals surface area (Å²) in [5.41, 5.74) is 1.57. The Morgan fingerprint density at radius 3 is 2.50 bits per heavy atom. The number of methoxy groups -OCH3 is 2. The van der Waals surface area contributed by atoms with Crippen LogP contribution in [0.15, 0.2) is 30.6 Å². The first-order valence-electron chi connectivity index (χ1n) is 9.77. The van der Waals surface area contributed by atoms with Crippen LogP contribution in [0.3, 0.4) is 0 Å². The van der Waals surface area contributed by atoms with Gasteiger partial charge in [-0.05, 0) is 37.0 Å². The molecular weight excluding hydrogens is 356 g/mol. The van der Waals surface area contributed by atoms with Gasteiger partial charge in [0.05, 0.1) is 14.2 Å². The summed E-state index contributed by atoms with van der Waals surface area (Å²) >= 11 is 0. The number of nitrogens with one attached hydrogen (secondary N) is 1. The van der Waals surface area contributed by atoms with Crippen LogP contribution in [-0.2, 0) is 6.42 Å². The second kappa shape index (κ2) is 9.92. The monoisotopic (exact) mass is 384 g/mol. The van der Waals surface area contributed by atoms with Gasteiger partial charge in [-0.15, -0.1) is 0 Å². The first kappa shape index (κ1) is 19.9. The molecule has 1 aliphatic heterocycles. The van der Waals surface area contributed by atoms with Crippen LogP contribution >= 0.6 is 0 Å². The first-order chi connectivity index (χ1) is 13.7. The Morgan fingerprint density at radius 1 is 1.04 bits per heavy atom. The van der Waals surface area contributed by atoms with Crippen molar-refractivity contribution in [3.05, 3.63) is 41.9 Å². The number of rotatable bonds is 7. The van der Waals surface area contributed by atoms with Gasteiger partial charge in [-0.2, -0.15) is 0 Å². The van der Waals surface area contributed by atoms with Gasteiger partial charge < -0.3 is 19.7 Å². The summed E-state index contributed by atoms with van der Waals surface area (Å²) in [6.07, 6.45) is 6.75. The maximum Gasteiger partial charge on any atom is 0.272 e. The van der Waals surface area contributed by atoms with Gasteiger partial charge in [0.2, 0.25) is 0 Å². The molecule has 2 aromatic rings. The largest absolute Gasteiger partial charge is 0.493 e. The van der Waals surface area contributed by atoms with E-state index in [1.165, 1.54) is 19.2 Å². The van der Waals surface area contributed by atoms with E-state index in [1.807, 2.05) is 23.1 Å². The van der Waals surface area contributed by atoms with Crippen LogP contribution in [-0.4, -0.2) is 54.6 Å². The Morgan fingerprint density at radius 2 is 1.79 bits per heavy atom. The molecule has 1 fully saturated rings. The van der Waals surface area contributed by atoms with E-state index in [4.69, 9.17) is 9.47 Å². The maximum atomic E-state index is 12.7. The number of anilines is 1. The normalized spacial score (nSPS) is 14.3. The van der Waals surface area contributed by atoms with Gasteiger partial charge in [-0.25, -0.2) is 9.97 Å². The average molecular weight is 384 g/mol. The number of hydrogen-bond acceptors (Lipinski definition) is 6. The van der Waals surface area contributed by atoms with E-state index in [0.29, 0.717) is 29.6 Å². The zero-order valence-corrected chi connectivity index (χ0v) is 16.6. The van der Waals surface area contributed by atoms with Gasteiger partial charge >= 0.3 is 0 Å². The zero-order chi connectivity index (χ0) is 19.8. The number of hydrogen-bond donors (Lipinski definition) is 1. The van der Waals surface area contributed by atoms with E-state index in [9.17, 15) is 4.79 Å². The number of carbonyl (C=O) groups is 1. The Hall–Kier alpha value is -2.83. The van der Waals surface area contributed by atoms with Crippen LogP contribution in [0.5, 0.6) is 11.5 Å². The van der Waals surface area contributed by atoms with Crippen LogP contribution in [0.4, 0.5) is 5.82 Å². The Bertz CT molecular complexity index is 789. The first-order valence-corrected chi connectivity index (χ1v) is 9.77. The van der Waals surface area contributed by atoms with Crippen molar-refractivity contribution in [3.63, 3.8) is 0 Å². The van der Waals surface area contributed by atoms with Crippen LogP contribution < -0.4 is 14.8 Å². The Balaban J connectivity index is 1.58.